The van der Waals surface area contributed by atoms with E-state index in [0.717, 1.165) is 33.3 Å². The average Bonchev–Trinajstić information content (AvgIpc) is 2.89. The molecule has 1 heterocycles. The van der Waals surface area contributed by atoms with Crippen LogP contribution < -0.4 is 4.72 Å². The van der Waals surface area contributed by atoms with Gasteiger partial charge in [-0.2, -0.15) is 0 Å². The Bertz CT molecular complexity index is 1600. The van der Waals surface area contributed by atoms with E-state index < -0.39 is 15.9 Å². The second-order valence-electron chi connectivity index (χ2n) is 7.80. The lowest BCUT2D eigenvalue weighted by Gasteiger charge is -2.09. The molecule has 0 saturated heterocycles. The predicted octanol–water partition coefficient (Wildman–Crippen LogP) is 5.69. The molecule has 0 bridgehead atoms. The lowest BCUT2D eigenvalue weighted by Crippen LogP contribution is -2.30. The number of benzene rings is 4. The van der Waals surface area contributed by atoms with Gasteiger partial charge in [-0.15, -0.1) is 0 Å². The van der Waals surface area contributed by atoms with Crippen molar-refractivity contribution in [2.24, 2.45) is 0 Å². The molecule has 0 aliphatic rings. The molecule has 4 aromatic carbocycles. The van der Waals surface area contributed by atoms with Gasteiger partial charge in [0.05, 0.1) is 16.1 Å². The minimum absolute atomic E-state index is 0.0212. The summed E-state index contributed by atoms with van der Waals surface area (Å²) in [6.07, 6.45) is 0. The molecule has 0 spiro atoms. The van der Waals surface area contributed by atoms with Crippen molar-refractivity contribution in [2.45, 2.75) is 4.90 Å². The summed E-state index contributed by atoms with van der Waals surface area (Å²) < 4.78 is 27.5. The maximum atomic E-state index is 12.7. The molecule has 166 valence electrons. The number of aromatic nitrogens is 1. The predicted molar refractivity (Wildman–Crippen MR) is 134 cm³/mol. The third-order valence-corrected chi connectivity index (χ3v) is 6.86. The molecule has 1 N–H and O–H groups in total. The van der Waals surface area contributed by atoms with E-state index >= 15 is 0 Å². The Balaban J connectivity index is 1.39. The van der Waals surface area contributed by atoms with Gasteiger partial charge in [0.2, 0.25) is 0 Å². The molecule has 0 fully saturated rings. The van der Waals surface area contributed by atoms with Gasteiger partial charge < -0.3 is 0 Å². The van der Waals surface area contributed by atoms with E-state index in [-0.39, 0.29) is 10.5 Å². The van der Waals surface area contributed by atoms with Crippen LogP contribution in [0.25, 0.3) is 33.3 Å². The average molecular weight is 465 g/mol. The highest BCUT2D eigenvalue weighted by Gasteiger charge is 2.18. The lowest BCUT2D eigenvalue weighted by atomic mass is 10.0. The Kier molecular flexibility index (Phi) is 5.65. The van der Waals surface area contributed by atoms with Gasteiger partial charge in [-0.25, -0.2) is 18.1 Å². The Morgan fingerprint density at radius 2 is 1.35 bits per heavy atom. The summed E-state index contributed by atoms with van der Waals surface area (Å²) in [7, 11) is -3.99. The molecule has 0 aliphatic carbocycles. The first-order valence-corrected chi connectivity index (χ1v) is 12.2. The molecule has 0 atom stereocenters. The molecule has 6 heteroatoms. The second-order valence-corrected chi connectivity index (χ2v) is 9.48. The summed E-state index contributed by atoms with van der Waals surface area (Å²) >= 11 is 0. The van der Waals surface area contributed by atoms with E-state index in [1.807, 2.05) is 60.7 Å². The molecule has 0 saturated carbocycles. The summed E-state index contributed by atoms with van der Waals surface area (Å²) in [5.74, 6) is -0.666. The first-order valence-electron chi connectivity index (χ1n) is 10.7. The number of para-hydroxylation sites is 1. The zero-order valence-electron chi connectivity index (χ0n) is 18.0. The van der Waals surface area contributed by atoms with Gasteiger partial charge in [0, 0.05) is 16.5 Å². The highest BCUT2D eigenvalue weighted by atomic mass is 32.2. The smallest absolute Gasteiger partial charge is 0.264 e. The fourth-order valence-electron chi connectivity index (χ4n) is 3.74. The number of nitrogens with one attached hydrogen (secondary N) is 1. The van der Waals surface area contributed by atoms with Crippen molar-refractivity contribution >= 4 is 26.8 Å². The summed E-state index contributed by atoms with van der Waals surface area (Å²) in [6.45, 7) is 0. The van der Waals surface area contributed by atoms with Gasteiger partial charge in [0.15, 0.2) is 0 Å². The minimum Gasteiger partial charge on any atom is -0.268 e. The van der Waals surface area contributed by atoms with Crippen molar-refractivity contribution in [1.82, 2.24) is 9.71 Å². The number of rotatable bonds is 5. The van der Waals surface area contributed by atoms with Gasteiger partial charge in [0.25, 0.3) is 15.9 Å². The van der Waals surface area contributed by atoms with Crippen molar-refractivity contribution in [1.29, 1.82) is 0 Å². The number of sulfonamides is 1. The van der Waals surface area contributed by atoms with E-state index in [0.29, 0.717) is 0 Å². The number of nitrogens with zero attached hydrogens (tertiary/aromatic N) is 1. The summed E-state index contributed by atoms with van der Waals surface area (Å²) in [5.41, 5.74) is 4.83. The summed E-state index contributed by atoms with van der Waals surface area (Å²) in [4.78, 5) is 17.1. The van der Waals surface area contributed by atoms with Crippen molar-refractivity contribution in [3.05, 3.63) is 121 Å². The number of hydrogen-bond donors (Lipinski definition) is 1. The highest BCUT2D eigenvalue weighted by molar-refractivity contribution is 7.90. The molecule has 1 aromatic heterocycles. The molecule has 1 amide bonds. The molecule has 5 rings (SSSR count). The van der Waals surface area contributed by atoms with E-state index in [4.69, 9.17) is 4.98 Å². The van der Waals surface area contributed by atoms with E-state index in [9.17, 15) is 13.2 Å². The standard InChI is InChI=1S/C28H20N2O3S/c31-28(22-8-2-1-3-9-22)30-34(32,33)25-16-13-20(14-17-25)23-10-6-11-24(19-23)27-18-15-21-7-4-5-12-26(21)29-27/h1-19H,(H,30,31). The molecule has 0 radical (unpaired) electrons. The van der Waals surface area contributed by atoms with Crippen LogP contribution in [-0.4, -0.2) is 19.3 Å². The first-order chi connectivity index (χ1) is 16.5. The zero-order chi connectivity index (χ0) is 23.5. The molecular formula is C28H20N2O3S. The van der Waals surface area contributed by atoms with Crippen LogP contribution in [0.2, 0.25) is 0 Å². The van der Waals surface area contributed by atoms with Crippen LogP contribution >= 0.6 is 0 Å². The number of hydrogen-bond acceptors (Lipinski definition) is 4. The molecule has 5 nitrogen and oxygen atoms in total. The van der Waals surface area contributed by atoms with E-state index in [2.05, 4.69) is 4.72 Å². The minimum atomic E-state index is -3.99. The number of carbonyl (C=O) groups is 1. The molecule has 0 unspecified atom stereocenters. The Morgan fingerprint density at radius 3 is 2.15 bits per heavy atom. The van der Waals surface area contributed by atoms with E-state index in [1.54, 1.807) is 42.5 Å². The Labute approximate surface area is 197 Å². The van der Waals surface area contributed by atoms with Crippen LogP contribution in [0.5, 0.6) is 0 Å². The maximum Gasteiger partial charge on any atom is 0.264 e. The SMILES string of the molecule is O=C(NS(=O)(=O)c1ccc(-c2cccc(-c3ccc4ccccc4n3)c2)cc1)c1ccccc1. The fraction of sp³-hybridized carbons (Fsp3) is 0. The van der Waals surface area contributed by atoms with Gasteiger partial charge in [-0.1, -0.05) is 72.8 Å². The number of pyridine rings is 1. The third kappa shape index (κ3) is 4.44. The molecule has 34 heavy (non-hydrogen) atoms. The molecular weight excluding hydrogens is 444 g/mol. The van der Waals surface area contributed by atoms with Crippen LogP contribution in [0, 0.1) is 0 Å². The lowest BCUT2D eigenvalue weighted by molar-refractivity contribution is 0.0981. The fourth-order valence-corrected chi connectivity index (χ4v) is 4.72. The van der Waals surface area contributed by atoms with Crippen LogP contribution in [0.3, 0.4) is 0 Å². The van der Waals surface area contributed by atoms with Crippen LogP contribution in [0.1, 0.15) is 10.4 Å². The van der Waals surface area contributed by atoms with Crippen LogP contribution in [0.4, 0.5) is 0 Å². The number of amides is 1. The highest BCUT2D eigenvalue weighted by Crippen LogP contribution is 2.27. The number of carbonyl (C=O) groups excluding carboxylic acids is 1. The van der Waals surface area contributed by atoms with Crippen molar-refractivity contribution < 1.29 is 13.2 Å². The van der Waals surface area contributed by atoms with Crippen molar-refractivity contribution in [3.8, 4) is 22.4 Å². The monoisotopic (exact) mass is 464 g/mol. The van der Waals surface area contributed by atoms with Gasteiger partial charge >= 0.3 is 0 Å². The van der Waals surface area contributed by atoms with Crippen molar-refractivity contribution in [2.75, 3.05) is 0 Å². The van der Waals surface area contributed by atoms with E-state index in [1.165, 1.54) is 12.1 Å². The van der Waals surface area contributed by atoms with Gasteiger partial charge in [-0.05, 0) is 53.6 Å². The van der Waals surface area contributed by atoms with Crippen LogP contribution in [0.15, 0.2) is 120 Å². The van der Waals surface area contributed by atoms with Crippen molar-refractivity contribution in [3.63, 3.8) is 0 Å². The third-order valence-electron chi connectivity index (χ3n) is 5.52. The Morgan fingerprint density at radius 1 is 0.647 bits per heavy atom. The van der Waals surface area contributed by atoms with Crippen LogP contribution in [-0.2, 0) is 10.0 Å². The largest absolute Gasteiger partial charge is 0.268 e. The molecule has 5 aromatic rings. The quantitative estimate of drug-likeness (QED) is 0.363. The van der Waals surface area contributed by atoms with Gasteiger partial charge in [0.1, 0.15) is 0 Å². The number of fused-ring (bicyclic) bond motifs is 1. The summed E-state index contributed by atoms with van der Waals surface area (Å²) in [6, 6.07) is 34.6. The normalized spacial score (nSPS) is 11.3. The maximum absolute atomic E-state index is 12.7. The second kappa shape index (κ2) is 8.92. The first kappa shape index (κ1) is 21.6. The molecule has 0 aliphatic heterocycles. The summed E-state index contributed by atoms with van der Waals surface area (Å²) in [5, 5.41) is 1.08. The Hall–Kier alpha value is -4.29. The zero-order valence-corrected chi connectivity index (χ0v) is 18.9. The van der Waals surface area contributed by atoms with Gasteiger partial charge in [-0.3, -0.25) is 4.79 Å². The topological polar surface area (TPSA) is 76.1 Å².